The molecule has 0 bridgehead atoms. The van der Waals surface area contributed by atoms with Crippen molar-refractivity contribution in [3.8, 4) is 0 Å². The van der Waals surface area contributed by atoms with E-state index >= 15 is 0 Å². The maximum absolute atomic E-state index is 5.66. The Morgan fingerprint density at radius 1 is 1.22 bits per heavy atom. The van der Waals surface area contributed by atoms with Crippen LogP contribution in [-0.2, 0) is 9.47 Å². The zero-order chi connectivity index (χ0) is 13.0. The summed E-state index contributed by atoms with van der Waals surface area (Å²) in [6.07, 6.45) is 8.62. The Morgan fingerprint density at radius 2 is 1.94 bits per heavy atom. The van der Waals surface area contributed by atoms with Crippen LogP contribution in [0.1, 0.15) is 52.4 Å². The van der Waals surface area contributed by atoms with E-state index in [9.17, 15) is 0 Å². The van der Waals surface area contributed by atoms with Crippen LogP contribution in [0.5, 0.6) is 0 Å². The van der Waals surface area contributed by atoms with E-state index in [1.165, 1.54) is 32.1 Å². The van der Waals surface area contributed by atoms with E-state index in [1.807, 2.05) is 0 Å². The van der Waals surface area contributed by atoms with Crippen LogP contribution in [0.3, 0.4) is 0 Å². The Kier molecular flexibility index (Phi) is 5.05. The van der Waals surface area contributed by atoms with E-state index in [0.717, 1.165) is 19.6 Å². The number of rotatable bonds is 6. The van der Waals surface area contributed by atoms with Gasteiger partial charge in [0.15, 0.2) is 0 Å². The lowest BCUT2D eigenvalue weighted by Gasteiger charge is -2.45. The van der Waals surface area contributed by atoms with E-state index in [-0.39, 0.29) is 6.10 Å². The summed E-state index contributed by atoms with van der Waals surface area (Å²) in [6.45, 7) is 6.40. The molecule has 0 spiro atoms. The third kappa shape index (κ3) is 3.25. The number of hydrogen-bond donors (Lipinski definition) is 1. The molecule has 1 N–H and O–H groups in total. The molecule has 2 aliphatic rings. The van der Waals surface area contributed by atoms with Crippen molar-refractivity contribution in [2.75, 3.05) is 20.3 Å². The molecular formula is C15H29NO2. The second-order valence-corrected chi connectivity index (χ2v) is 6.29. The smallest absolute Gasteiger partial charge is 0.0986 e. The fourth-order valence-electron chi connectivity index (χ4n) is 3.43. The van der Waals surface area contributed by atoms with Gasteiger partial charge in [0.25, 0.3) is 0 Å². The van der Waals surface area contributed by atoms with Crippen molar-refractivity contribution in [1.82, 2.24) is 5.32 Å². The van der Waals surface area contributed by atoms with Gasteiger partial charge in [-0.15, -0.1) is 0 Å². The fraction of sp³-hybridized carbons (Fsp3) is 1.00. The highest BCUT2D eigenvalue weighted by Gasteiger charge is 2.42. The van der Waals surface area contributed by atoms with Gasteiger partial charge in [0.05, 0.1) is 12.2 Å². The molecule has 3 nitrogen and oxygen atoms in total. The number of hydrogen-bond acceptors (Lipinski definition) is 3. The monoisotopic (exact) mass is 255 g/mol. The van der Waals surface area contributed by atoms with Gasteiger partial charge < -0.3 is 14.8 Å². The first kappa shape index (κ1) is 14.3. The van der Waals surface area contributed by atoms with E-state index in [4.69, 9.17) is 9.47 Å². The molecule has 2 saturated carbocycles. The predicted octanol–water partition coefficient (Wildman–Crippen LogP) is 2.74. The van der Waals surface area contributed by atoms with Gasteiger partial charge in [0.2, 0.25) is 0 Å². The predicted molar refractivity (Wildman–Crippen MR) is 73.8 cm³/mol. The SMILES string of the molecule is CCOC1CC(NCC2(C)CCCCC2)C1OC. The van der Waals surface area contributed by atoms with Crippen molar-refractivity contribution < 1.29 is 9.47 Å². The molecule has 0 amide bonds. The maximum atomic E-state index is 5.66. The van der Waals surface area contributed by atoms with Gasteiger partial charge in [-0.25, -0.2) is 0 Å². The standard InChI is InChI=1S/C15H29NO2/c1-4-18-13-10-12(14(13)17-3)16-11-15(2)8-6-5-7-9-15/h12-14,16H,4-11H2,1-3H3. The van der Waals surface area contributed by atoms with Crippen molar-refractivity contribution in [2.24, 2.45) is 5.41 Å². The molecule has 0 aliphatic heterocycles. The van der Waals surface area contributed by atoms with Gasteiger partial charge in [0, 0.05) is 26.3 Å². The van der Waals surface area contributed by atoms with Crippen molar-refractivity contribution in [3.05, 3.63) is 0 Å². The lowest BCUT2D eigenvalue weighted by molar-refractivity contribution is -0.132. The highest BCUT2D eigenvalue weighted by Crippen LogP contribution is 2.36. The Bertz CT molecular complexity index is 251. The molecule has 0 heterocycles. The minimum atomic E-state index is 0.247. The molecule has 2 rings (SSSR count). The van der Waals surface area contributed by atoms with Crippen LogP contribution in [0.2, 0.25) is 0 Å². The Hall–Kier alpha value is -0.120. The summed E-state index contributed by atoms with van der Waals surface area (Å²) in [5.74, 6) is 0. The molecule has 0 aromatic carbocycles. The molecule has 18 heavy (non-hydrogen) atoms. The van der Waals surface area contributed by atoms with Gasteiger partial charge in [-0.1, -0.05) is 26.2 Å². The first-order valence-corrected chi connectivity index (χ1v) is 7.56. The first-order chi connectivity index (χ1) is 8.68. The largest absolute Gasteiger partial charge is 0.377 e. The third-order valence-electron chi connectivity index (χ3n) is 4.75. The summed E-state index contributed by atoms with van der Waals surface area (Å²) in [5, 5.41) is 3.71. The zero-order valence-electron chi connectivity index (χ0n) is 12.2. The van der Waals surface area contributed by atoms with Gasteiger partial charge in [-0.05, 0) is 31.6 Å². The van der Waals surface area contributed by atoms with Crippen molar-refractivity contribution >= 4 is 0 Å². The molecule has 2 fully saturated rings. The van der Waals surface area contributed by atoms with Gasteiger partial charge in [0.1, 0.15) is 0 Å². The van der Waals surface area contributed by atoms with E-state index < -0.39 is 0 Å². The van der Waals surface area contributed by atoms with Gasteiger partial charge >= 0.3 is 0 Å². The van der Waals surface area contributed by atoms with Crippen LogP contribution in [0.4, 0.5) is 0 Å². The van der Waals surface area contributed by atoms with Crippen LogP contribution in [0.15, 0.2) is 0 Å². The molecule has 0 radical (unpaired) electrons. The molecule has 3 unspecified atom stereocenters. The number of nitrogens with one attached hydrogen (secondary N) is 1. The molecule has 106 valence electrons. The number of ether oxygens (including phenoxy) is 2. The zero-order valence-corrected chi connectivity index (χ0v) is 12.2. The molecule has 0 saturated heterocycles. The summed E-state index contributed by atoms with van der Waals surface area (Å²) in [5.41, 5.74) is 0.507. The highest BCUT2D eigenvalue weighted by atomic mass is 16.5. The molecule has 0 aromatic heterocycles. The third-order valence-corrected chi connectivity index (χ3v) is 4.75. The van der Waals surface area contributed by atoms with Crippen LogP contribution in [0.25, 0.3) is 0 Å². The van der Waals surface area contributed by atoms with Crippen LogP contribution in [-0.4, -0.2) is 38.5 Å². The molecular weight excluding hydrogens is 226 g/mol. The number of methoxy groups -OCH3 is 1. The molecule has 2 aliphatic carbocycles. The van der Waals surface area contributed by atoms with E-state index in [2.05, 4.69) is 19.2 Å². The molecule has 0 aromatic rings. The Labute approximate surface area is 112 Å². The Morgan fingerprint density at radius 3 is 2.56 bits per heavy atom. The average molecular weight is 255 g/mol. The topological polar surface area (TPSA) is 30.5 Å². The van der Waals surface area contributed by atoms with Gasteiger partial charge in [-0.3, -0.25) is 0 Å². The van der Waals surface area contributed by atoms with Crippen LogP contribution >= 0.6 is 0 Å². The Balaban J connectivity index is 1.73. The molecule has 3 atom stereocenters. The average Bonchev–Trinajstić information content (AvgIpc) is 2.34. The van der Waals surface area contributed by atoms with Gasteiger partial charge in [-0.2, -0.15) is 0 Å². The first-order valence-electron chi connectivity index (χ1n) is 7.56. The highest BCUT2D eigenvalue weighted by molar-refractivity contribution is 4.98. The lowest BCUT2D eigenvalue weighted by atomic mass is 9.75. The van der Waals surface area contributed by atoms with Crippen molar-refractivity contribution in [1.29, 1.82) is 0 Å². The lowest BCUT2D eigenvalue weighted by Crippen LogP contribution is -2.61. The second kappa shape index (κ2) is 6.36. The minimum absolute atomic E-state index is 0.247. The summed E-state index contributed by atoms with van der Waals surface area (Å²) < 4.78 is 11.2. The maximum Gasteiger partial charge on any atom is 0.0986 e. The summed E-state index contributed by atoms with van der Waals surface area (Å²) in [7, 11) is 1.80. The normalized spacial score (nSPS) is 35.2. The second-order valence-electron chi connectivity index (χ2n) is 6.29. The quantitative estimate of drug-likeness (QED) is 0.791. The van der Waals surface area contributed by atoms with E-state index in [1.54, 1.807) is 7.11 Å². The van der Waals surface area contributed by atoms with Crippen molar-refractivity contribution in [3.63, 3.8) is 0 Å². The summed E-state index contributed by atoms with van der Waals surface area (Å²) in [4.78, 5) is 0. The van der Waals surface area contributed by atoms with Crippen LogP contribution < -0.4 is 5.32 Å². The minimum Gasteiger partial charge on any atom is -0.377 e. The molecule has 3 heteroatoms. The van der Waals surface area contributed by atoms with E-state index in [0.29, 0.717) is 17.6 Å². The summed E-state index contributed by atoms with van der Waals surface area (Å²) >= 11 is 0. The fourth-order valence-corrected chi connectivity index (χ4v) is 3.43. The van der Waals surface area contributed by atoms with Crippen molar-refractivity contribution in [2.45, 2.75) is 70.6 Å². The summed E-state index contributed by atoms with van der Waals surface area (Å²) in [6, 6.07) is 0.491. The van der Waals surface area contributed by atoms with Crippen LogP contribution in [0, 0.1) is 5.41 Å².